The Labute approximate surface area is 206 Å². The van der Waals surface area contributed by atoms with Crippen LogP contribution in [0.4, 0.5) is 0 Å². The lowest BCUT2D eigenvalue weighted by Gasteiger charge is -2.39. The molecule has 3 aliphatic heterocycles. The summed E-state index contributed by atoms with van der Waals surface area (Å²) < 4.78 is 0. The summed E-state index contributed by atoms with van der Waals surface area (Å²) in [5.41, 5.74) is 1.45. The van der Waals surface area contributed by atoms with Crippen LogP contribution in [0.5, 0.6) is 0 Å². The van der Waals surface area contributed by atoms with E-state index < -0.39 is 0 Å². The molecule has 0 amide bonds. The molecule has 1 aromatic rings. The van der Waals surface area contributed by atoms with Crippen LogP contribution in [0.25, 0.3) is 0 Å². The molecule has 2 N–H and O–H groups in total. The number of nitrogens with one attached hydrogen (secondary N) is 2. The summed E-state index contributed by atoms with van der Waals surface area (Å²) in [7, 11) is 1.91. The molecule has 4 rings (SSSR count). The van der Waals surface area contributed by atoms with Crippen molar-refractivity contribution in [1.82, 2.24) is 20.4 Å². The first-order valence-electron chi connectivity index (χ1n) is 12.2. The smallest absolute Gasteiger partial charge is 0.191 e. The fraction of sp³-hybridized carbons (Fsp3) is 0.720. The molecule has 6 heteroatoms. The molecule has 5 nitrogen and oxygen atoms in total. The maximum absolute atomic E-state index is 4.52. The zero-order valence-corrected chi connectivity index (χ0v) is 21.8. The van der Waals surface area contributed by atoms with Crippen molar-refractivity contribution in [2.75, 3.05) is 33.2 Å². The normalized spacial score (nSPS) is 27.7. The topological polar surface area (TPSA) is 42.9 Å². The maximum atomic E-state index is 4.52. The second-order valence-corrected chi connectivity index (χ2v) is 9.52. The summed E-state index contributed by atoms with van der Waals surface area (Å²) in [6.45, 7) is 8.17. The predicted molar refractivity (Wildman–Crippen MR) is 141 cm³/mol. The van der Waals surface area contributed by atoms with Gasteiger partial charge in [-0.15, -0.1) is 24.0 Å². The van der Waals surface area contributed by atoms with E-state index >= 15 is 0 Å². The molecule has 3 aliphatic rings. The van der Waals surface area contributed by atoms with E-state index in [9.17, 15) is 0 Å². The first-order valence-corrected chi connectivity index (χ1v) is 12.2. The molecular formula is C25H42IN5. The number of rotatable bonds is 7. The molecule has 31 heavy (non-hydrogen) atoms. The summed E-state index contributed by atoms with van der Waals surface area (Å²) in [5.74, 6) is 1.87. The summed E-state index contributed by atoms with van der Waals surface area (Å²) in [6, 6.07) is 12.9. The van der Waals surface area contributed by atoms with Crippen molar-refractivity contribution in [2.45, 2.75) is 76.5 Å². The van der Waals surface area contributed by atoms with Crippen LogP contribution in [-0.2, 0) is 6.54 Å². The molecule has 174 valence electrons. The monoisotopic (exact) mass is 539 g/mol. The Kier molecular flexibility index (Phi) is 9.91. The fourth-order valence-corrected chi connectivity index (χ4v) is 5.82. The Hall–Kier alpha value is -0.860. The SMILES string of the molecule is CCN1CCC(CCNC(=NC)NC2CC3CCC(C2)N3Cc2ccccc2)CC1.I. The zero-order chi connectivity index (χ0) is 20.8. The molecule has 1 aromatic carbocycles. The van der Waals surface area contributed by atoms with Crippen LogP contribution in [-0.4, -0.2) is 67.1 Å². The molecule has 3 heterocycles. The van der Waals surface area contributed by atoms with E-state index in [4.69, 9.17) is 0 Å². The zero-order valence-electron chi connectivity index (χ0n) is 19.4. The Morgan fingerprint density at radius 3 is 2.32 bits per heavy atom. The van der Waals surface area contributed by atoms with Crippen molar-refractivity contribution in [3.05, 3.63) is 35.9 Å². The van der Waals surface area contributed by atoms with Crippen molar-refractivity contribution < 1.29 is 0 Å². The average Bonchev–Trinajstić information content (AvgIpc) is 3.01. The van der Waals surface area contributed by atoms with Crippen LogP contribution >= 0.6 is 24.0 Å². The Morgan fingerprint density at radius 2 is 1.71 bits per heavy atom. The molecule has 3 saturated heterocycles. The van der Waals surface area contributed by atoms with Crippen molar-refractivity contribution in [1.29, 1.82) is 0 Å². The molecule has 3 fully saturated rings. The van der Waals surface area contributed by atoms with Gasteiger partial charge >= 0.3 is 0 Å². The lowest BCUT2D eigenvalue weighted by Crippen LogP contribution is -2.52. The van der Waals surface area contributed by atoms with Crippen LogP contribution in [0.2, 0.25) is 0 Å². The third kappa shape index (κ3) is 6.81. The van der Waals surface area contributed by atoms with Crippen LogP contribution in [0.1, 0.15) is 57.4 Å². The highest BCUT2D eigenvalue weighted by Crippen LogP contribution is 2.36. The van der Waals surface area contributed by atoms with E-state index in [0.29, 0.717) is 18.1 Å². The molecule has 0 aliphatic carbocycles. The van der Waals surface area contributed by atoms with Gasteiger partial charge in [-0.1, -0.05) is 37.3 Å². The van der Waals surface area contributed by atoms with E-state index in [2.05, 4.69) is 62.7 Å². The molecule has 2 unspecified atom stereocenters. The third-order valence-corrected chi connectivity index (χ3v) is 7.66. The first-order chi connectivity index (χ1) is 14.7. The van der Waals surface area contributed by atoms with Gasteiger partial charge in [0.05, 0.1) is 0 Å². The van der Waals surface area contributed by atoms with Crippen molar-refractivity contribution in [3.63, 3.8) is 0 Å². The number of guanidine groups is 1. The number of piperidine rings is 2. The lowest BCUT2D eigenvalue weighted by atomic mass is 9.93. The standard InChI is InChI=1S/C25H41N5.HI/c1-3-29-15-12-20(13-16-29)11-14-27-25(26-2)28-22-17-23-9-10-24(18-22)30(23)19-21-7-5-4-6-8-21;/h4-8,20,22-24H,3,9-19H2,1-2H3,(H2,26,27,28);1H. The summed E-state index contributed by atoms with van der Waals surface area (Å²) in [6.07, 6.45) is 9.13. The van der Waals surface area contributed by atoms with Gasteiger partial charge in [-0.05, 0) is 76.1 Å². The quantitative estimate of drug-likeness (QED) is 0.311. The van der Waals surface area contributed by atoms with Gasteiger partial charge < -0.3 is 15.5 Å². The van der Waals surface area contributed by atoms with Crippen LogP contribution in [0.15, 0.2) is 35.3 Å². The largest absolute Gasteiger partial charge is 0.356 e. The molecule has 2 atom stereocenters. The minimum atomic E-state index is 0. The van der Waals surface area contributed by atoms with E-state index in [0.717, 1.165) is 25.0 Å². The Balaban J connectivity index is 0.00000272. The molecule has 2 bridgehead atoms. The third-order valence-electron chi connectivity index (χ3n) is 7.66. The molecule has 0 aromatic heterocycles. The van der Waals surface area contributed by atoms with Gasteiger partial charge in [0, 0.05) is 38.3 Å². The summed E-state index contributed by atoms with van der Waals surface area (Å²) >= 11 is 0. The molecule has 0 saturated carbocycles. The number of nitrogens with zero attached hydrogens (tertiary/aromatic N) is 3. The van der Waals surface area contributed by atoms with Gasteiger partial charge in [0.2, 0.25) is 0 Å². The summed E-state index contributed by atoms with van der Waals surface area (Å²) in [5, 5.41) is 7.35. The fourth-order valence-electron chi connectivity index (χ4n) is 5.82. The number of likely N-dealkylation sites (tertiary alicyclic amines) is 1. The minimum Gasteiger partial charge on any atom is -0.356 e. The van der Waals surface area contributed by atoms with Gasteiger partial charge in [0.15, 0.2) is 5.96 Å². The van der Waals surface area contributed by atoms with E-state index in [1.165, 1.54) is 70.1 Å². The number of fused-ring (bicyclic) bond motifs is 2. The second kappa shape index (κ2) is 12.4. The molecule has 0 spiro atoms. The number of hydrogen-bond donors (Lipinski definition) is 2. The molecular weight excluding hydrogens is 497 g/mol. The molecule has 0 radical (unpaired) electrons. The van der Waals surface area contributed by atoms with Gasteiger partial charge in [-0.2, -0.15) is 0 Å². The van der Waals surface area contributed by atoms with Crippen LogP contribution in [0.3, 0.4) is 0 Å². The van der Waals surface area contributed by atoms with Gasteiger partial charge in [0.1, 0.15) is 0 Å². The Bertz CT molecular complexity index is 660. The van der Waals surface area contributed by atoms with Crippen molar-refractivity contribution >= 4 is 29.9 Å². The van der Waals surface area contributed by atoms with E-state index in [-0.39, 0.29) is 24.0 Å². The highest BCUT2D eigenvalue weighted by molar-refractivity contribution is 14.0. The van der Waals surface area contributed by atoms with Gasteiger partial charge in [-0.3, -0.25) is 9.89 Å². The summed E-state index contributed by atoms with van der Waals surface area (Å²) in [4.78, 5) is 9.85. The van der Waals surface area contributed by atoms with Gasteiger partial charge in [-0.25, -0.2) is 0 Å². The maximum Gasteiger partial charge on any atom is 0.191 e. The van der Waals surface area contributed by atoms with Crippen molar-refractivity contribution in [2.24, 2.45) is 10.9 Å². The number of benzene rings is 1. The Morgan fingerprint density at radius 1 is 1.03 bits per heavy atom. The van der Waals surface area contributed by atoms with Crippen LogP contribution in [0, 0.1) is 5.92 Å². The van der Waals surface area contributed by atoms with Crippen LogP contribution < -0.4 is 10.6 Å². The van der Waals surface area contributed by atoms with Gasteiger partial charge in [0.25, 0.3) is 0 Å². The van der Waals surface area contributed by atoms with E-state index in [1.54, 1.807) is 0 Å². The van der Waals surface area contributed by atoms with Crippen molar-refractivity contribution in [3.8, 4) is 0 Å². The highest BCUT2D eigenvalue weighted by Gasteiger charge is 2.40. The number of halogens is 1. The lowest BCUT2D eigenvalue weighted by molar-refractivity contribution is 0.114. The predicted octanol–water partition coefficient (Wildman–Crippen LogP) is 4.09. The minimum absolute atomic E-state index is 0. The number of aliphatic imine (C=N–C) groups is 1. The van der Waals surface area contributed by atoms with E-state index in [1.807, 2.05) is 7.05 Å². The highest BCUT2D eigenvalue weighted by atomic mass is 127. The number of hydrogen-bond acceptors (Lipinski definition) is 3. The average molecular weight is 540 g/mol. The first kappa shape index (κ1) is 24.8. The second-order valence-electron chi connectivity index (χ2n) is 9.52.